The highest BCUT2D eigenvalue weighted by atomic mass is 16.3. The highest BCUT2D eigenvalue weighted by Gasteiger charge is 2.42. The van der Waals surface area contributed by atoms with Gasteiger partial charge in [0.05, 0.1) is 13.2 Å². The van der Waals surface area contributed by atoms with Gasteiger partial charge in [0.2, 0.25) is 0 Å². The van der Waals surface area contributed by atoms with Crippen LogP contribution in [0.4, 0.5) is 0 Å². The third-order valence-electron chi connectivity index (χ3n) is 7.02. The number of hydrogen-bond acceptors (Lipinski definition) is 2. The number of rotatable bonds is 1. The summed E-state index contributed by atoms with van der Waals surface area (Å²) in [7, 11) is 1.86. The molecule has 2 aromatic carbocycles. The van der Waals surface area contributed by atoms with Crippen LogP contribution in [-0.4, -0.2) is 4.98 Å². The Morgan fingerprint density at radius 1 is 1.07 bits per heavy atom. The van der Waals surface area contributed by atoms with E-state index >= 15 is 0 Å². The van der Waals surface area contributed by atoms with E-state index in [1.54, 1.807) is 6.20 Å². The zero-order valence-corrected chi connectivity index (χ0v) is 18.7. The van der Waals surface area contributed by atoms with Crippen molar-refractivity contribution in [2.75, 3.05) is 0 Å². The molecule has 0 aliphatic heterocycles. The van der Waals surface area contributed by atoms with Crippen molar-refractivity contribution in [1.82, 2.24) is 4.98 Å². The highest BCUT2D eigenvalue weighted by molar-refractivity contribution is 6.12. The summed E-state index contributed by atoms with van der Waals surface area (Å²) in [4.78, 5) is 4.67. The van der Waals surface area contributed by atoms with Crippen LogP contribution >= 0.6 is 0 Å². The van der Waals surface area contributed by atoms with E-state index in [-0.39, 0.29) is 16.4 Å². The summed E-state index contributed by atoms with van der Waals surface area (Å²) in [6.45, 7) is 9.31. The monoisotopic (exact) mass is 402 g/mol. The largest absolute Gasteiger partial charge is 0.455 e. The fourth-order valence-corrected chi connectivity index (χ4v) is 5.51. The Hall–Kier alpha value is -2.68. The molecule has 0 spiro atoms. The van der Waals surface area contributed by atoms with Crippen LogP contribution in [0.3, 0.4) is 0 Å². The SMILES string of the molecule is [2H]C([2H])([2H])c1cnc(-c2c(C)c3c(c4c2oc2ccccc24)C(C)(C)CCC3(C)C)[n+](C)c1. The van der Waals surface area contributed by atoms with E-state index in [2.05, 4.69) is 51.7 Å². The van der Waals surface area contributed by atoms with E-state index in [1.807, 2.05) is 23.7 Å². The Bertz CT molecular complexity index is 1430. The van der Waals surface area contributed by atoms with Crippen LogP contribution in [0.2, 0.25) is 0 Å². The van der Waals surface area contributed by atoms with Crippen molar-refractivity contribution in [3.05, 3.63) is 58.9 Å². The molecule has 0 N–H and O–H groups in total. The number of hydrogen-bond donors (Lipinski definition) is 0. The van der Waals surface area contributed by atoms with Crippen molar-refractivity contribution in [1.29, 1.82) is 0 Å². The van der Waals surface area contributed by atoms with Crippen LogP contribution in [0, 0.1) is 13.8 Å². The van der Waals surface area contributed by atoms with Crippen LogP contribution in [-0.2, 0) is 17.9 Å². The lowest BCUT2D eigenvalue weighted by Crippen LogP contribution is -2.36. The Labute approximate surface area is 183 Å². The molecule has 2 heterocycles. The summed E-state index contributed by atoms with van der Waals surface area (Å²) >= 11 is 0. The first kappa shape index (κ1) is 16.1. The first-order valence-electron chi connectivity index (χ1n) is 12.2. The van der Waals surface area contributed by atoms with Gasteiger partial charge in [-0.3, -0.25) is 0 Å². The predicted molar refractivity (Wildman–Crippen MR) is 123 cm³/mol. The van der Waals surface area contributed by atoms with Crippen molar-refractivity contribution < 1.29 is 13.1 Å². The predicted octanol–water partition coefficient (Wildman–Crippen LogP) is 6.44. The molecule has 4 aromatic rings. The minimum Gasteiger partial charge on any atom is -0.455 e. The van der Waals surface area contributed by atoms with Crippen molar-refractivity contribution in [3.8, 4) is 11.4 Å². The average molecular weight is 403 g/mol. The lowest BCUT2D eigenvalue weighted by atomic mass is 9.60. The summed E-state index contributed by atoms with van der Waals surface area (Å²) in [5.41, 5.74) is 6.81. The molecule has 2 aromatic heterocycles. The molecule has 3 heteroatoms. The molecule has 0 atom stereocenters. The van der Waals surface area contributed by atoms with Gasteiger partial charge in [0.15, 0.2) is 5.58 Å². The van der Waals surface area contributed by atoms with Gasteiger partial charge in [-0.25, -0.2) is 4.57 Å². The number of fused-ring (bicyclic) bond motifs is 5. The average Bonchev–Trinajstić information content (AvgIpc) is 3.09. The molecular weight excluding hydrogens is 368 g/mol. The second kappa shape index (κ2) is 6.16. The van der Waals surface area contributed by atoms with E-state index in [1.165, 1.54) is 28.3 Å². The molecule has 0 fully saturated rings. The normalized spacial score (nSPS) is 19.3. The van der Waals surface area contributed by atoms with Crippen LogP contribution in [0.5, 0.6) is 0 Å². The third kappa shape index (κ3) is 2.57. The molecule has 3 nitrogen and oxygen atoms in total. The standard InChI is InChI=1S/C27H31N2O/c1-16-14-28-25(29(7)15-16)20-17(2)22-23(27(5,6)13-12-26(22,3)4)21-18-10-8-9-11-19(18)30-24(20)21/h8-11,14-15H,12-13H2,1-7H3/q+1/i1D3. The molecular formula is C27H31N2O+. The van der Waals surface area contributed by atoms with Gasteiger partial charge in [0.25, 0.3) is 0 Å². The minimum absolute atomic E-state index is 0.00739. The summed E-state index contributed by atoms with van der Waals surface area (Å²) in [5.74, 6) is 0.714. The highest BCUT2D eigenvalue weighted by Crippen LogP contribution is 2.53. The second-order valence-corrected chi connectivity index (χ2v) is 10.1. The van der Waals surface area contributed by atoms with Gasteiger partial charge in [-0.15, -0.1) is 0 Å². The summed E-state index contributed by atoms with van der Waals surface area (Å²) in [6.07, 6.45) is 5.36. The van der Waals surface area contributed by atoms with Gasteiger partial charge in [0, 0.05) is 20.4 Å². The Kier molecular flexibility index (Phi) is 3.30. The van der Waals surface area contributed by atoms with E-state index in [0.29, 0.717) is 5.82 Å². The maximum atomic E-state index is 7.77. The van der Waals surface area contributed by atoms with E-state index in [9.17, 15) is 0 Å². The van der Waals surface area contributed by atoms with Crippen LogP contribution in [0.1, 0.15) is 66.9 Å². The van der Waals surface area contributed by atoms with E-state index in [0.717, 1.165) is 35.0 Å². The third-order valence-corrected chi connectivity index (χ3v) is 7.02. The maximum Gasteiger partial charge on any atom is 0.334 e. The molecule has 154 valence electrons. The Morgan fingerprint density at radius 2 is 1.77 bits per heavy atom. The summed E-state index contributed by atoms with van der Waals surface area (Å²) < 4.78 is 31.7. The zero-order valence-electron chi connectivity index (χ0n) is 21.7. The fourth-order valence-electron chi connectivity index (χ4n) is 5.51. The topological polar surface area (TPSA) is 29.9 Å². The molecule has 0 amide bonds. The number of para-hydroxylation sites is 1. The number of nitrogens with zero attached hydrogens (tertiary/aromatic N) is 2. The van der Waals surface area contributed by atoms with Crippen molar-refractivity contribution in [3.63, 3.8) is 0 Å². The molecule has 1 aliphatic rings. The lowest BCUT2D eigenvalue weighted by Gasteiger charge is -2.43. The second-order valence-electron chi connectivity index (χ2n) is 10.1. The Morgan fingerprint density at radius 3 is 2.47 bits per heavy atom. The molecule has 0 unspecified atom stereocenters. The van der Waals surface area contributed by atoms with E-state index < -0.39 is 6.85 Å². The first-order chi connectivity index (χ1) is 15.3. The zero-order chi connectivity index (χ0) is 23.9. The van der Waals surface area contributed by atoms with Crippen molar-refractivity contribution in [2.45, 2.75) is 65.1 Å². The number of benzene rings is 2. The van der Waals surface area contributed by atoms with Gasteiger partial charge in [0.1, 0.15) is 17.3 Å². The summed E-state index contributed by atoms with van der Waals surface area (Å²) in [5, 5.41) is 2.29. The fraction of sp³-hybridized carbons (Fsp3) is 0.407. The maximum absolute atomic E-state index is 7.77. The first-order valence-corrected chi connectivity index (χ1v) is 10.7. The molecule has 0 radical (unpaired) electrons. The molecule has 5 rings (SSSR count). The minimum atomic E-state index is -2.20. The van der Waals surface area contributed by atoms with Gasteiger partial charge in [-0.2, -0.15) is 0 Å². The molecule has 0 saturated heterocycles. The van der Waals surface area contributed by atoms with Crippen LogP contribution < -0.4 is 4.57 Å². The lowest BCUT2D eigenvalue weighted by molar-refractivity contribution is -0.663. The molecule has 1 aliphatic carbocycles. The van der Waals surface area contributed by atoms with Gasteiger partial charge in [-0.1, -0.05) is 45.9 Å². The Balaban J connectivity index is 1.98. The van der Waals surface area contributed by atoms with Gasteiger partial charge >= 0.3 is 5.82 Å². The number of aryl methyl sites for hydroxylation is 2. The molecule has 30 heavy (non-hydrogen) atoms. The van der Waals surface area contributed by atoms with Crippen LogP contribution in [0.15, 0.2) is 41.1 Å². The number of aromatic nitrogens is 2. The molecule has 0 bridgehead atoms. The summed E-state index contributed by atoms with van der Waals surface area (Å²) in [6, 6.07) is 8.23. The van der Waals surface area contributed by atoms with Crippen LogP contribution in [0.25, 0.3) is 33.3 Å². The van der Waals surface area contributed by atoms with Gasteiger partial charge in [-0.05, 0) is 65.2 Å². The van der Waals surface area contributed by atoms with Crippen molar-refractivity contribution >= 4 is 21.9 Å². The van der Waals surface area contributed by atoms with Gasteiger partial charge < -0.3 is 4.42 Å². The molecule has 0 saturated carbocycles. The van der Waals surface area contributed by atoms with E-state index in [4.69, 9.17) is 8.53 Å². The quantitative estimate of drug-likeness (QED) is 0.343. The smallest absolute Gasteiger partial charge is 0.334 e. The van der Waals surface area contributed by atoms with Crippen molar-refractivity contribution in [2.24, 2.45) is 7.05 Å². The number of furan rings is 1.